The van der Waals surface area contributed by atoms with Crippen molar-refractivity contribution in [3.63, 3.8) is 0 Å². The Morgan fingerprint density at radius 1 is 1.27 bits per heavy atom. The fraction of sp³-hybridized carbons (Fsp3) is 0.636. The number of aliphatic imine (C=N–C) groups is 1. The van der Waals surface area contributed by atoms with Crippen molar-refractivity contribution in [1.29, 1.82) is 0 Å². The second-order valence-electron chi connectivity index (χ2n) is 8.21. The molecule has 30 heavy (non-hydrogen) atoms. The molecule has 2 atom stereocenters. The smallest absolute Gasteiger partial charge is 0.222 e. The number of primary amides is 1. The zero-order chi connectivity index (χ0) is 20.6. The Morgan fingerprint density at radius 3 is 2.60 bits per heavy atom. The summed E-state index contributed by atoms with van der Waals surface area (Å²) >= 11 is 0. The van der Waals surface area contributed by atoms with E-state index in [1.54, 1.807) is 12.1 Å². The predicted molar refractivity (Wildman–Crippen MR) is 130 cm³/mol. The summed E-state index contributed by atoms with van der Waals surface area (Å²) in [7, 11) is 0. The fourth-order valence-electron chi connectivity index (χ4n) is 4.38. The molecule has 1 aromatic rings. The minimum Gasteiger partial charge on any atom is -0.369 e. The van der Waals surface area contributed by atoms with Crippen LogP contribution < -0.4 is 16.4 Å². The van der Waals surface area contributed by atoms with Gasteiger partial charge in [0.05, 0.1) is 12.5 Å². The third-order valence-electron chi connectivity index (χ3n) is 6.01. The zero-order valence-corrected chi connectivity index (χ0v) is 20.1. The Bertz CT molecular complexity index is 693. The molecular formula is C22H35FIN5O. The molecule has 0 spiro atoms. The van der Waals surface area contributed by atoms with Crippen LogP contribution in [0.1, 0.15) is 44.6 Å². The van der Waals surface area contributed by atoms with Crippen LogP contribution >= 0.6 is 24.0 Å². The molecule has 1 amide bonds. The maximum Gasteiger partial charge on any atom is 0.222 e. The van der Waals surface area contributed by atoms with Crippen LogP contribution in [-0.4, -0.2) is 55.0 Å². The van der Waals surface area contributed by atoms with Gasteiger partial charge in [-0.2, -0.15) is 0 Å². The van der Waals surface area contributed by atoms with E-state index >= 15 is 0 Å². The van der Waals surface area contributed by atoms with E-state index in [2.05, 4.69) is 20.5 Å². The quantitative estimate of drug-likeness (QED) is 0.274. The highest BCUT2D eigenvalue weighted by Gasteiger charge is 2.30. The van der Waals surface area contributed by atoms with Crippen molar-refractivity contribution in [3.05, 3.63) is 35.6 Å². The number of guanidine groups is 1. The number of amides is 1. The van der Waals surface area contributed by atoms with Crippen LogP contribution in [0.5, 0.6) is 0 Å². The van der Waals surface area contributed by atoms with E-state index in [9.17, 15) is 9.18 Å². The lowest BCUT2D eigenvalue weighted by molar-refractivity contribution is -0.121. The van der Waals surface area contributed by atoms with Crippen molar-refractivity contribution in [1.82, 2.24) is 15.5 Å². The second kappa shape index (κ2) is 12.4. The Kier molecular flexibility index (Phi) is 10.3. The molecule has 4 N–H and O–H groups in total. The molecule has 0 radical (unpaired) electrons. The van der Waals surface area contributed by atoms with Crippen molar-refractivity contribution in [2.24, 2.45) is 16.6 Å². The van der Waals surface area contributed by atoms with Crippen LogP contribution in [0.25, 0.3) is 0 Å². The Morgan fingerprint density at radius 2 is 1.97 bits per heavy atom. The molecule has 1 aliphatic carbocycles. The van der Waals surface area contributed by atoms with Crippen molar-refractivity contribution in [2.45, 2.75) is 57.5 Å². The molecule has 2 fully saturated rings. The molecule has 6 nitrogen and oxygen atoms in total. The summed E-state index contributed by atoms with van der Waals surface area (Å²) in [4.78, 5) is 19.1. The number of nitrogens with one attached hydrogen (secondary N) is 2. The number of benzene rings is 1. The molecule has 2 unspecified atom stereocenters. The predicted octanol–water partition coefficient (Wildman–Crippen LogP) is 2.66. The van der Waals surface area contributed by atoms with E-state index < -0.39 is 5.92 Å². The first-order chi connectivity index (χ1) is 14.0. The molecule has 0 bridgehead atoms. The Hall–Kier alpha value is -1.42. The van der Waals surface area contributed by atoms with Gasteiger partial charge in [-0.05, 0) is 50.3 Å². The van der Waals surface area contributed by atoms with E-state index in [1.807, 2.05) is 6.92 Å². The third-order valence-corrected chi connectivity index (χ3v) is 6.01. The van der Waals surface area contributed by atoms with Gasteiger partial charge in [0.2, 0.25) is 5.91 Å². The third kappa shape index (κ3) is 7.37. The van der Waals surface area contributed by atoms with Crippen LogP contribution in [0.3, 0.4) is 0 Å². The SMILES string of the molecule is CCNC(=NCC(Cc1ccc(F)cc1)C(N)=O)NC1CCN(C2CCCC2)C1.I. The highest BCUT2D eigenvalue weighted by molar-refractivity contribution is 14.0. The highest BCUT2D eigenvalue weighted by atomic mass is 127. The summed E-state index contributed by atoms with van der Waals surface area (Å²) in [5.41, 5.74) is 6.48. The number of carbonyl (C=O) groups is 1. The molecule has 3 rings (SSSR count). The van der Waals surface area contributed by atoms with Crippen molar-refractivity contribution in [3.8, 4) is 0 Å². The summed E-state index contributed by atoms with van der Waals surface area (Å²) in [6.45, 7) is 5.27. The standard InChI is InChI=1S/C22H34FN5O.HI/c1-2-25-22(27-19-11-12-28(15-19)20-5-3-4-6-20)26-14-17(21(24)29)13-16-7-9-18(23)10-8-16;/h7-10,17,19-20H,2-6,11-15H2,1H3,(H2,24,29)(H2,25,26,27);1H. The molecule has 1 aliphatic heterocycles. The number of hydrogen-bond acceptors (Lipinski definition) is 3. The van der Waals surface area contributed by atoms with Gasteiger partial charge in [-0.15, -0.1) is 24.0 Å². The normalized spacial score (nSPS) is 21.3. The number of likely N-dealkylation sites (tertiary alicyclic amines) is 1. The van der Waals surface area contributed by atoms with E-state index in [-0.39, 0.29) is 35.7 Å². The first-order valence-corrected chi connectivity index (χ1v) is 10.9. The Balaban J connectivity index is 0.00000320. The van der Waals surface area contributed by atoms with Gasteiger partial charge in [0.25, 0.3) is 0 Å². The summed E-state index contributed by atoms with van der Waals surface area (Å²) in [5.74, 6) is -0.364. The maximum atomic E-state index is 13.1. The number of rotatable bonds is 8. The molecule has 1 aromatic carbocycles. The summed E-state index contributed by atoms with van der Waals surface area (Å²) in [5, 5.41) is 6.81. The number of nitrogens with two attached hydrogens (primary N) is 1. The number of halogens is 2. The van der Waals surface area contributed by atoms with Gasteiger partial charge in [0.1, 0.15) is 5.82 Å². The van der Waals surface area contributed by atoms with Crippen LogP contribution in [0.4, 0.5) is 4.39 Å². The van der Waals surface area contributed by atoms with Gasteiger partial charge in [-0.1, -0.05) is 25.0 Å². The van der Waals surface area contributed by atoms with E-state index in [1.165, 1.54) is 37.8 Å². The van der Waals surface area contributed by atoms with Crippen LogP contribution in [-0.2, 0) is 11.2 Å². The lowest BCUT2D eigenvalue weighted by Crippen LogP contribution is -2.45. The maximum absolute atomic E-state index is 13.1. The number of carbonyl (C=O) groups excluding carboxylic acids is 1. The van der Waals surface area contributed by atoms with Crippen molar-refractivity contribution in [2.75, 3.05) is 26.2 Å². The van der Waals surface area contributed by atoms with Crippen LogP contribution in [0.15, 0.2) is 29.3 Å². The average Bonchev–Trinajstić information content (AvgIpc) is 3.38. The summed E-state index contributed by atoms with van der Waals surface area (Å²) in [6, 6.07) is 7.30. The lowest BCUT2D eigenvalue weighted by Gasteiger charge is -2.24. The first-order valence-electron chi connectivity index (χ1n) is 10.9. The van der Waals surface area contributed by atoms with Gasteiger partial charge in [-0.25, -0.2) is 4.39 Å². The topological polar surface area (TPSA) is 82.7 Å². The molecule has 0 aromatic heterocycles. The minimum atomic E-state index is -0.422. The van der Waals surface area contributed by atoms with Crippen molar-refractivity contribution >= 4 is 35.8 Å². The van der Waals surface area contributed by atoms with E-state index in [4.69, 9.17) is 5.73 Å². The Labute approximate surface area is 196 Å². The number of nitrogens with zero attached hydrogens (tertiary/aromatic N) is 2. The fourth-order valence-corrected chi connectivity index (χ4v) is 4.38. The van der Waals surface area contributed by atoms with E-state index in [0.29, 0.717) is 19.0 Å². The molecule has 8 heteroatoms. The lowest BCUT2D eigenvalue weighted by atomic mass is 9.99. The van der Waals surface area contributed by atoms with Gasteiger partial charge in [0.15, 0.2) is 5.96 Å². The van der Waals surface area contributed by atoms with Gasteiger partial charge < -0.3 is 16.4 Å². The highest BCUT2D eigenvalue weighted by Crippen LogP contribution is 2.26. The largest absolute Gasteiger partial charge is 0.369 e. The summed E-state index contributed by atoms with van der Waals surface area (Å²) in [6.07, 6.45) is 6.92. The average molecular weight is 531 g/mol. The van der Waals surface area contributed by atoms with Crippen molar-refractivity contribution < 1.29 is 9.18 Å². The van der Waals surface area contributed by atoms with Crippen LogP contribution in [0, 0.1) is 11.7 Å². The zero-order valence-electron chi connectivity index (χ0n) is 17.8. The second-order valence-corrected chi connectivity index (χ2v) is 8.21. The first kappa shape index (κ1) is 24.8. The summed E-state index contributed by atoms with van der Waals surface area (Å²) < 4.78 is 13.1. The monoisotopic (exact) mass is 531 g/mol. The van der Waals surface area contributed by atoms with Gasteiger partial charge >= 0.3 is 0 Å². The van der Waals surface area contributed by atoms with Gasteiger partial charge in [0, 0.05) is 31.7 Å². The van der Waals surface area contributed by atoms with Crippen LogP contribution in [0.2, 0.25) is 0 Å². The molecule has 168 valence electrons. The van der Waals surface area contributed by atoms with E-state index in [0.717, 1.165) is 43.6 Å². The van der Waals surface area contributed by atoms with Gasteiger partial charge in [-0.3, -0.25) is 14.7 Å². The number of hydrogen-bond donors (Lipinski definition) is 3. The molecule has 2 aliphatic rings. The molecule has 1 saturated heterocycles. The molecule has 1 heterocycles. The minimum absolute atomic E-state index is 0. The molecular weight excluding hydrogens is 496 g/mol. The molecule has 1 saturated carbocycles.